The fraction of sp³-hybridized carbons (Fsp3) is 0.519. The molecule has 0 aliphatic heterocycles. The van der Waals surface area contributed by atoms with Crippen LogP contribution >= 0.6 is 0 Å². The molecule has 0 spiro atoms. The normalized spacial score (nSPS) is 29.4. The van der Waals surface area contributed by atoms with Crippen LogP contribution in [0.5, 0.6) is 23.0 Å². The van der Waals surface area contributed by atoms with Gasteiger partial charge in [-0.05, 0) is 73.9 Å². The molecule has 6 heteroatoms. The van der Waals surface area contributed by atoms with Crippen molar-refractivity contribution in [3.05, 3.63) is 47.5 Å². The molecule has 2 aromatic rings. The van der Waals surface area contributed by atoms with Crippen LogP contribution in [0.4, 0.5) is 0 Å². The van der Waals surface area contributed by atoms with Crippen LogP contribution in [-0.2, 0) is 11.8 Å². The highest BCUT2D eigenvalue weighted by Crippen LogP contribution is 2.40. The van der Waals surface area contributed by atoms with E-state index in [9.17, 15) is 8.00 Å². The van der Waals surface area contributed by atoms with Gasteiger partial charge in [0, 0.05) is 32.5 Å². The van der Waals surface area contributed by atoms with Crippen LogP contribution in [0.2, 0.25) is 0 Å². The summed E-state index contributed by atoms with van der Waals surface area (Å²) in [5.41, 5.74) is -7.10. The molecule has 33 heavy (non-hydrogen) atoms. The lowest BCUT2D eigenvalue weighted by Crippen LogP contribution is -2.32. The number of nitriles is 1. The summed E-state index contributed by atoms with van der Waals surface area (Å²) in [6.07, 6.45) is -14.0. The molecular formula is C27H38N2O4. The quantitative estimate of drug-likeness (QED) is 0.396. The standard InChI is InChI=1S/C27H38N2O4/c1-20(2)27(19-28,22-10-12-24(31-5)26(18-22)33-7)14-8-15-29(3)16-13-21-9-11-23(30-4)25(17-21)32-6/h9-12,17-18,20H,8,13-16H2,1-7H3/i1D3,2D3,3D3,5D3,7D3,8D2,9D,11D,13D2,14D2,15D2,16D2,17D. The summed E-state index contributed by atoms with van der Waals surface area (Å²) in [5, 5.41) is 10.9. The first kappa shape index (κ1) is 7.29. The minimum absolute atomic E-state index is 0.200. The second kappa shape index (κ2) is 12.4. The number of hydrogen-bond donors (Lipinski definition) is 0. The molecule has 2 rings (SSSR count). The Labute approximate surface area is 238 Å². The minimum Gasteiger partial charge on any atom is -0.493 e. The van der Waals surface area contributed by atoms with E-state index >= 15 is 0 Å². The highest BCUT2D eigenvalue weighted by atomic mass is 16.5. The van der Waals surface area contributed by atoms with Crippen molar-refractivity contribution in [2.24, 2.45) is 5.92 Å². The maximum absolute atomic E-state index is 10.9. The first-order chi connectivity index (χ1) is 26.8. The third-order valence-corrected chi connectivity index (χ3v) is 4.10. The van der Waals surface area contributed by atoms with E-state index < -0.39 is 135 Å². The van der Waals surface area contributed by atoms with Crippen LogP contribution in [0.25, 0.3) is 0 Å². The van der Waals surface area contributed by atoms with Crippen molar-refractivity contribution < 1.29 is 57.3 Å². The summed E-state index contributed by atoms with van der Waals surface area (Å²) in [4.78, 5) is -1.19. The van der Waals surface area contributed by atoms with Gasteiger partial charge in [-0.15, -0.1) is 0 Å². The third kappa shape index (κ3) is 6.33. The van der Waals surface area contributed by atoms with Crippen LogP contribution in [0.3, 0.4) is 0 Å². The molecule has 0 heterocycles. The molecule has 180 valence electrons. The van der Waals surface area contributed by atoms with Crippen molar-refractivity contribution in [1.29, 1.82) is 5.26 Å². The molecule has 0 aliphatic rings. The maximum atomic E-state index is 10.9. The van der Waals surface area contributed by atoms with Gasteiger partial charge in [-0.25, -0.2) is 0 Å². The highest BCUT2D eigenvalue weighted by Gasteiger charge is 2.36. The van der Waals surface area contributed by atoms with Gasteiger partial charge in [0.05, 0.1) is 52.1 Å². The van der Waals surface area contributed by atoms with E-state index in [4.69, 9.17) is 54.6 Å². The summed E-state index contributed by atoms with van der Waals surface area (Å²) in [7, 11) is -5.12. The van der Waals surface area contributed by atoms with Crippen molar-refractivity contribution in [2.45, 2.75) is 38.2 Å². The van der Waals surface area contributed by atoms with Crippen LogP contribution < -0.4 is 18.9 Å². The minimum atomic E-state index is -4.97. The Hall–Kier alpha value is -2.91. The largest absolute Gasteiger partial charge is 0.493 e. The second-order valence-corrected chi connectivity index (χ2v) is 5.97. The lowest BCUT2D eigenvalue weighted by atomic mass is 9.69. The highest BCUT2D eigenvalue weighted by molar-refractivity contribution is 5.47. The topological polar surface area (TPSA) is 64.0 Å². The fourth-order valence-electron chi connectivity index (χ4n) is 2.44. The van der Waals surface area contributed by atoms with Gasteiger partial charge in [-0.3, -0.25) is 0 Å². The van der Waals surface area contributed by atoms with Gasteiger partial charge in [-0.1, -0.05) is 25.8 Å². The maximum Gasteiger partial charge on any atom is 0.161 e. The van der Waals surface area contributed by atoms with Crippen molar-refractivity contribution in [2.75, 3.05) is 48.3 Å². The van der Waals surface area contributed by atoms with Gasteiger partial charge in [0.25, 0.3) is 0 Å². The van der Waals surface area contributed by atoms with Crippen LogP contribution in [0.1, 0.15) is 76.0 Å². The summed E-state index contributed by atoms with van der Waals surface area (Å²) >= 11 is 0. The second-order valence-electron chi connectivity index (χ2n) is 5.97. The predicted octanol–water partition coefficient (Wildman–Crippen LogP) is 5.09. The summed E-state index contributed by atoms with van der Waals surface area (Å²) < 4.78 is 252. The molecule has 6 nitrogen and oxygen atoms in total. The first-order valence-corrected chi connectivity index (χ1v) is 8.79. The van der Waals surface area contributed by atoms with Gasteiger partial charge in [0.2, 0.25) is 0 Å². The molecule has 0 aliphatic carbocycles. The van der Waals surface area contributed by atoms with E-state index in [1.807, 2.05) is 0 Å². The zero-order chi connectivity index (χ0) is 48.5. The summed E-state index contributed by atoms with van der Waals surface area (Å²) in [5.74, 6) is -7.26. The Kier molecular flexibility index (Phi) is 2.73. The van der Waals surface area contributed by atoms with Gasteiger partial charge in [0.1, 0.15) is 0 Å². The van der Waals surface area contributed by atoms with Crippen LogP contribution in [0.15, 0.2) is 36.3 Å². The molecule has 2 aromatic carbocycles. The van der Waals surface area contributed by atoms with E-state index in [2.05, 4.69) is 0 Å². The van der Waals surface area contributed by atoms with Gasteiger partial charge in [-0.2, -0.15) is 5.26 Å². The van der Waals surface area contributed by atoms with Crippen molar-refractivity contribution in [3.63, 3.8) is 0 Å². The Bertz CT molecular complexity index is 1960. The van der Waals surface area contributed by atoms with E-state index in [-0.39, 0.29) is 6.07 Å². The summed E-state index contributed by atoms with van der Waals surface area (Å²) in [6.45, 7) is -22.3. The number of methoxy groups -OCH3 is 4. The Morgan fingerprint density at radius 2 is 1.85 bits per heavy atom. The van der Waals surface area contributed by atoms with Gasteiger partial charge in [0.15, 0.2) is 23.0 Å². The van der Waals surface area contributed by atoms with Crippen LogP contribution in [-0.4, -0.2) is 53.2 Å². The van der Waals surface area contributed by atoms with Crippen LogP contribution in [0, 0.1) is 17.2 Å². The van der Waals surface area contributed by atoms with Crippen molar-refractivity contribution in [1.82, 2.24) is 4.90 Å². The van der Waals surface area contributed by atoms with Gasteiger partial charge >= 0.3 is 0 Å². The molecule has 1 atom stereocenters. The predicted molar refractivity (Wildman–Crippen MR) is 132 cm³/mol. The number of benzene rings is 2. The average molecular weight is 483 g/mol. The molecular weight excluding hydrogens is 416 g/mol. The number of nitrogens with zero attached hydrogens (tertiary/aromatic N) is 2. The van der Waals surface area contributed by atoms with Gasteiger partial charge < -0.3 is 23.8 Å². The average Bonchev–Trinajstić information content (AvgIpc) is 3.01. The van der Waals surface area contributed by atoms with E-state index in [1.165, 1.54) is 0 Å². The molecule has 0 bridgehead atoms. The molecule has 0 saturated heterocycles. The number of likely N-dealkylation sites (N-methyl/N-ethyl adjacent to an activating group) is 1. The number of hydrogen-bond acceptors (Lipinski definition) is 6. The molecule has 0 radical (unpaired) electrons. The zero-order valence-corrected chi connectivity index (χ0v) is 17.3. The van der Waals surface area contributed by atoms with E-state index in [1.54, 1.807) is 0 Å². The Balaban J connectivity index is 3.32. The number of ether oxygens (including phenoxy) is 4. The molecule has 0 amide bonds. The SMILES string of the molecule is [2H]c1c([2H])c(C([2H])([2H])C([2H])([2H])N(C([2H])([2H])[2H])C([2H])([2H])C([2H])([2H])C([2H])([2H])C(C#N)(c2ccc(OC([2H])([2H])[2H])c(OC([2H])([2H])[2H])c2)C(C([2H])([2H])[2H])C([2H])([2H])[2H])c([2H])c(OC)c1OC. The molecule has 0 N–H and O–H groups in total. The lowest BCUT2D eigenvalue weighted by Gasteiger charge is -2.32. The van der Waals surface area contributed by atoms with E-state index in [0.29, 0.717) is 12.1 Å². The first-order valence-electron chi connectivity index (χ1n) is 22.8. The number of rotatable bonds is 13. The third-order valence-electron chi connectivity index (χ3n) is 4.10. The smallest absolute Gasteiger partial charge is 0.161 e. The molecule has 0 fully saturated rings. The Morgan fingerprint density at radius 3 is 2.52 bits per heavy atom. The van der Waals surface area contributed by atoms with E-state index in [0.717, 1.165) is 20.3 Å². The lowest BCUT2D eigenvalue weighted by molar-refractivity contribution is 0.292. The molecule has 0 aromatic heterocycles. The molecule has 0 saturated carbocycles. The Morgan fingerprint density at radius 1 is 1.06 bits per heavy atom. The van der Waals surface area contributed by atoms with Crippen molar-refractivity contribution in [3.8, 4) is 29.1 Å². The molecule has 1 unspecified atom stereocenters. The monoisotopic (exact) mass is 482 g/mol. The zero-order valence-electron chi connectivity index (χ0n) is 45.3. The fourth-order valence-corrected chi connectivity index (χ4v) is 2.44. The summed E-state index contributed by atoms with van der Waals surface area (Å²) in [6, 6.07) is -1.55. The van der Waals surface area contributed by atoms with Crippen molar-refractivity contribution >= 4 is 0 Å².